The highest BCUT2D eigenvalue weighted by Gasteiger charge is 2.55. The lowest BCUT2D eigenvalue weighted by atomic mass is 9.61. The number of hydrogen-bond acceptors (Lipinski definition) is 9. The number of benzene rings is 2. The summed E-state index contributed by atoms with van der Waals surface area (Å²) >= 11 is 5.45. The van der Waals surface area contributed by atoms with Gasteiger partial charge in [-0.1, -0.05) is 87.1 Å². The SMILES string of the molecule is N#CC(C#N)=C1/C(=C/C2=Cc3sc4c(c3C23CCCCC3)C2(CCCCC2)c2c-4sc3cc(/C=C4/C(=O)c5ccccc5C4=C(C#N)C#N)sc23)C(=O)c2ccccc21. The first-order valence-corrected chi connectivity index (χ1v) is 22.6. The summed E-state index contributed by atoms with van der Waals surface area (Å²) in [6, 6.07) is 25.0. The van der Waals surface area contributed by atoms with E-state index in [4.69, 9.17) is 0 Å². The second-order valence-electron chi connectivity index (χ2n) is 16.4. The lowest BCUT2D eigenvalue weighted by Crippen LogP contribution is -2.35. The van der Waals surface area contributed by atoms with Crippen molar-refractivity contribution in [2.45, 2.75) is 75.0 Å². The number of nitriles is 4. The molecule has 5 aromatic rings. The summed E-state index contributed by atoms with van der Waals surface area (Å²) in [7, 11) is 0. The van der Waals surface area contributed by atoms with Gasteiger partial charge in [-0.2, -0.15) is 21.0 Å². The van der Waals surface area contributed by atoms with E-state index >= 15 is 0 Å². The number of carbonyl (C=O) groups excluding carboxylic acids is 2. The van der Waals surface area contributed by atoms with Crippen LogP contribution in [0.25, 0.3) is 42.5 Å². The molecule has 9 heteroatoms. The van der Waals surface area contributed by atoms with Crippen LogP contribution in [0.5, 0.6) is 0 Å². The number of ketones is 2. The minimum absolute atomic E-state index is 0.0354. The third kappa shape index (κ3) is 4.79. The van der Waals surface area contributed by atoms with Crippen molar-refractivity contribution in [3.8, 4) is 34.0 Å². The van der Waals surface area contributed by atoms with Crippen molar-refractivity contribution in [1.29, 1.82) is 21.0 Å². The molecule has 2 fully saturated rings. The van der Waals surface area contributed by atoms with Gasteiger partial charge in [0, 0.05) is 69.1 Å². The zero-order valence-corrected chi connectivity index (χ0v) is 34.3. The lowest BCUT2D eigenvalue weighted by molar-refractivity contribution is 0.103. The van der Waals surface area contributed by atoms with Gasteiger partial charge in [0.05, 0.1) is 9.58 Å². The molecule has 0 radical (unpaired) electrons. The number of carbonyl (C=O) groups is 2. The van der Waals surface area contributed by atoms with Crippen molar-refractivity contribution in [2.24, 2.45) is 0 Å². The Bertz CT molecular complexity index is 3120. The van der Waals surface area contributed by atoms with Crippen LogP contribution < -0.4 is 0 Å². The molecule has 0 unspecified atom stereocenters. The van der Waals surface area contributed by atoms with Crippen molar-refractivity contribution in [1.82, 2.24) is 0 Å². The van der Waals surface area contributed by atoms with Gasteiger partial charge in [-0.3, -0.25) is 9.59 Å². The van der Waals surface area contributed by atoms with E-state index in [2.05, 4.69) is 24.3 Å². The van der Waals surface area contributed by atoms with E-state index < -0.39 is 0 Å². The third-order valence-corrected chi connectivity index (χ3v) is 17.3. The number of hydrogen-bond donors (Lipinski definition) is 0. The average Bonchev–Trinajstić information content (AvgIpc) is 4.12. The molecule has 0 bridgehead atoms. The Morgan fingerprint density at radius 2 is 1.08 bits per heavy atom. The molecule has 6 aliphatic carbocycles. The van der Waals surface area contributed by atoms with Crippen molar-refractivity contribution >= 4 is 78.3 Å². The van der Waals surface area contributed by atoms with E-state index in [0.29, 0.717) is 44.5 Å². The van der Waals surface area contributed by atoms with Gasteiger partial charge < -0.3 is 0 Å². The molecule has 2 aromatic carbocycles. The zero-order chi connectivity index (χ0) is 40.2. The molecule has 0 atom stereocenters. The first kappa shape index (κ1) is 35.9. The third-order valence-electron chi connectivity index (χ3n) is 13.7. The number of rotatable bonds is 2. The Balaban J connectivity index is 1.07. The maximum atomic E-state index is 14.2. The van der Waals surface area contributed by atoms with E-state index in [9.17, 15) is 30.6 Å². The second-order valence-corrected chi connectivity index (χ2v) is 19.6. The van der Waals surface area contributed by atoms with Gasteiger partial charge in [0.15, 0.2) is 11.6 Å². The summed E-state index contributed by atoms with van der Waals surface area (Å²) in [6.07, 6.45) is 17.2. The van der Waals surface area contributed by atoms with Gasteiger partial charge in [-0.25, -0.2) is 0 Å². The van der Waals surface area contributed by atoms with Gasteiger partial charge in [0.1, 0.15) is 35.4 Å². The van der Waals surface area contributed by atoms with Gasteiger partial charge in [-0.05, 0) is 77.8 Å². The predicted molar refractivity (Wildman–Crippen MR) is 234 cm³/mol. The fourth-order valence-electron chi connectivity index (χ4n) is 11.3. The molecule has 0 aliphatic heterocycles. The first-order valence-electron chi connectivity index (χ1n) is 20.2. The molecule has 2 saturated carbocycles. The van der Waals surface area contributed by atoms with E-state index in [0.717, 1.165) is 68.2 Å². The molecular weight excluding hydrogens is 785 g/mol. The van der Waals surface area contributed by atoms with Crippen LogP contribution in [0.2, 0.25) is 0 Å². The van der Waals surface area contributed by atoms with Gasteiger partial charge >= 0.3 is 0 Å². The van der Waals surface area contributed by atoms with Crippen LogP contribution in [0.15, 0.2) is 88.5 Å². The molecule has 3 heterocycles. The molecule has 6 aliphatic rings. The Morgan fingerprint density at radius 1 is 0.576 bits per heavy atom. The van der Waals surface area contributed by atoms with Crippen molar-refractivity contribution in [2.75, 3.05) is 0 Å². The molecule has 59 heavy (non-hydrogen) atoms. The van der Waals surface area contributed by atoms with Crippen LogP contribution in [-0.2, 0) is 10.8 Å². The van der Waals surface area contributed by atoms with Gasteiger partial charge in [0.25, 0.3) is 0 Å². The largest absolute Gasteiger partial charge is 0.289 e. The van der Waals surface area contributed by atoms with Crippen LogP contribution in [0.1, 0.15) is 122 Å². The molecule has 0 N–H and O–H groups in total. The monoisotopic (exact) mass is 816 g/mol. The molecule has 0 amide bonds. The molecule has 11 rings (SSSR count). The number of thiophene rings is 3. The minimum atomic E-state index is -0.271. The summed E-state index contributed by atoms with van der Waals surface area (Å²) in [6.45, 7) is 0. The zero-order valence-electron chi connectivity index (χ0n) is 31.8. The van der Waals surface area contributed by atoms with E-state index in [1.54, 1.807) is 23.5 Å². The smallest absolute Gasteiger partial charge is 0.194 e. The summed E-state index contributed by atoms with van der Waals surface area (Å²) in [5.41, 5.74) is 9.01. The lowest BCUT2D eigenvalue weighted by Gasteiger charge is -2.42. The van der Waals surface area contributed by atoms with E-state index in [1.807, 2.05) is 83.4 Å². The highest BCUT2D eigenvalue weighted by molar-refractivity contribution is 7.32. The number of fused-ring (bicyclic) bond motifs is 12. The standard InChI is InChI=1S/C50H32N4O2S3/c51-23-27(24-52)39-31-11-3-5-13-33(31)44(55)35(39)19-29-20-37-41(49(29)15-7-1-8-16-49)42-47(58-37)48-43(50(42)17-9-2-10-18-50)46-38(59-48)22-30(57-46)21-36-40(28(25-53)26-54)32-12-4-6-14-34(32)45(36)56/h3-6,11-14,19-22H,1-2,7-10,15-18H2/b35-19-,36-21+. The molecule has 3 aromatic heterocycles. The Morgan fingerprint density at radius 3 is 1.64 bits per heavy atom. The van der Waals surface area contributed by atoms with Crippen molar-refractivity contribution < 1.29 is 9.59 Å². The van der Waals surface area contributed by atoms with Crippen molar-refractivity contribution in [3.05, 3.63) is 137 Å². The Labute approximate surface area is 353 Å². The van der Waals surface area contributed by atoms with Crippen LogP contribution in [0.4, 0.5) is 0 Å². The molecule has 2 spiro atoms. The maximum absolute atomic E-state index is 14.2. The predicted octanol–water partition coefficient (Wildman–Crippen LogP) is 12.6. The summed E-state index contributed by atoms with van der Waals surface area (Å²) in [4.78, 5) is 32.9. The highest BCUT2D eigenvalue weighted by Crippen LogP contribution is 2.69. The second kappa shape index (κ2) is 13.2. The summed E-state index contributed by atoms with van der Waals surface area (Å²) in [5.74, 6) is -0.301. The average molecular weight is 817 g/mol. The van der Waals surface area contributed by atoms with Crippen LogP contribution in [0.3, 0.4) is 0 Å². The van der Waals surface area contributed by atoms with Crippen LogP contribution >= 0.6 is 34.0 Å². The van der Waals surface area contributed by atoms with Gasteiger partial charge in [0.2, 0.25) is 0 Å². The first-order chi connectivity index (χ1) is 28.9. The molecule has 282 valence electrons. The summed E-state index contributed by atoms with van der Waals surface area (Å²) < 4.78 is 2.46. The highest BCUT2D eigenvalue weighted by atomic mass is 32.1. The topological polar surface area (TPSA) is 129 Å². The minimum Gasteiger partial charge on any atom is -0.289 e. The quantitative estimate of drug-likeness (QED) is 0.129. The van der Waals surface area contributed by atoms with Gasteiger partial charge in [-0.15, -0.1) is 34.0 Å². The van der Waals surface area contributed by atoms with Crippen LogP contribution in [-0.4, -0.2) is 11.6 Å². The van der Waals surface area contributed by atoms with E-state index in [-0.39, 0.29) is 33.5 Å². The number of nitrogens with zero attached hydrogens (tertiary/aromatic N) is 4. The Kier molecular flexibility index (Phi) is 8.01. The molecule has 0 saturated heterocycles. The fourth-order valence-corrected chi connectivity index (χ4v) is 15.7. The number of Topliss-reactive ketones (excluding diaryl/α,β-unsaturated/α-hetero) is 2. The van der Waals surface area contributed by atoms with Crippen molar-refractivity contribution in [3.63, 3.8) is 0 Å². The normalized spacial score (nSPS) is 20.2. The molecule has 6 nitrogen and oxygen atoms in total. The van der Waals surface area contributed by atoms with E-state index in [1.165, 1.54) is 47.1 Å². The summed E-state index contributed by atoms with van der Waals surface area (Å²) in [5, 5.41) is 40.0. The molecular formula is C50H32N4O2S3. The van der Waals surface area contributed by atoms with Crippen LogP contribution in [0, 0.1) is 45.3 Å². The Hall–Kier alpha value is -6.20. The fraction of sp³-hybridized carbons (Fsp3) is 0.240. The number of allylic oxidation sites excluding steroid dienone is 8. The maximum Gasteiger partial charge on any atom is 0.194 e.